The third kappa shape index (κ3) is 2.52. The highest BCUT2D eigenvalue weighted by Crippen LogP contribution is 2.34. The predicted molar refractivity (Wildman–Crippen MR) is 79.1 cm³/mol. The van der Waals surface area contributed by atoms with Crippen LogP contribution in [-0.4, -0.2) is 29.6 Å². The zero-order valence-electron chi connectivity index (χ0n) is 11.6. The highest BCUT2D eigenvalue weighted by atomic mass is 32.2. The zero-order chi connectivity index (χ0) is 13.1. The molecule has 0 amide bonds. The molecule has 18 heavy (non-hydrogen) atoms. The van der Waals surface area contributed by atoms with Crippen LogP contribution in [0.3, 0.4) is 0 Å². The fraction of sp³-hybridized carbons (Fsp3) is 0.769. The molecule has 0 aromatic heterocycles. The van der Waals surface area contributed by atoms with Gasteiger partial charge in [-0.3, -0.25) is 10.0 Å². The molecule has 0 aromatic carbocycles. The molecule has 1 heterocycles. The van der Waals surface area contributed by atoms with E-state index in [9.17, 15) is 0 Å². The Kier molecular flexibility index (Phi) is 4.56. The molecular formula is C13H24N4S. The first-order chi connectivity index (χ1) is 8.69. The number of nitrogens with zero attached hydrogens (tertiary/aromatic N) is 2. The van der Waals surface area contributed by atoms with Gasteiger partial charge in [-0.15, -0.1) is 11.8 Å². The van der Waals surface area contributed by atoms with E-state index in [2.05, 4.69) is 23.5 Å². The van der Waals surface area contributed by atoms with Gasteiger partial charge in [-0.25, -0.2) is 5.84 Å². The van der Waals surface area contributed by atoms with Crippen molar-refractivity contribution >= 4 is 17.6 Å². The van der Waals surface area contributed by atoms with Crippen molar-refractivity contribution in [2.45, 2.75) is 44.5 Å². The van der Waals surface area contributed by atoms with Gasteiger partial charge in [0.25, 0.3) is 0 Å². The minimum absolute atomic E-state index is 0.0936. The Bertz CT molecular complexity index is 358. The average molecular weight is 268 g/mol. The van der Waals surface area contributed by atoms with Gasteiger partial charge in [-0.2, -0.15) is 0 Å². The predicted octanol–water partition coefficient (Wildman–Crippen LogP) is 2.29. The van der Waals surface area contributed by atoms with Crippen LogP contribution in [0.5, 0.6) is 0 Å². The van der Waals surface area contributed by atoms with Crippen molar-refractivity contribution in [2.24, 2.45) is 16.8 Å². The van der Waals surface area contributed by atoms with E-state index in [4.69, 9.17) is 5.84 Å². The van der Waals surface area contributed by atoms with Crippen molar-refractivity contribution < 1.29 is 0 Å². The molecule has 2 aliphatic rings. The van der Waals surface area contributed by atoms with Crippen LogP contribution < -0.4 is 11.2 Å². The van der Waals surface area contributed by atoms with E-state index in [1.807, 2.05) is 12.1 Å². The van der Waals surface area contributed by atoms with Crippen molar-refractivity contribution in [3.8, 4) is 0 Å². The number of nitrogens with one attached hydrogen (secondary N) is 1. The summed E-state index contributed by atoms with van der Waals surface area (Å²) >= 11 is 1.70. The summed E-state index contributed by atoms with van der Waals surface area (Å²) in [5, 5.41) is 5.29. The molecule has 0 radical (unpaired) electrons. The molecule has 0 saturated heterocycles. The summed E-state index contributed by atoms with van der Waals surface area (Å²) in [5.74, 6) is 7.85. The third-order valence-corrected chi connectivity index (χ3v) is 4.80. The molecule has 1 unspecified atom stereocenters. The summed E-state index contributed by atoms with van der Waals surface area (Å²) in [7, 11) is 1.86. The van der Waals surface area contributed by atoms with Gasteiger partial charge in [0, 0.05) is 18.3 Å². The van der Waals surface area contributed by atoms with Crippen LogP contribution in [0.15, 0.2) is 16.3 Å². The quantitative estimate of drug-likeness (QED) is 0.755. The number of hydrazine groups is 1. The third-order valence-electron chi connectivity index (χ3n) is 4.01. The van der Waals surface area contributed by atoms with Gasteiger partial charge >= 0.3 is 0 Å². The van der Waals surface area contributed by atoms with Crippen LogP contribution >= 0.6 is 11.8 Å². The van der Waals surface area contributed by atoms with Gasteiger partial charge < -0.3 is 5.32 Å². The molecule has 102 valence electrons. The fourth-order valence-corrected chi connectivity index (χ4v) is 3.60. The highest BCUT2D eigenvalue weighted by molar-refractivity contribution is 7.99. The maximum absolute atomic E-state index is 6.18. The van der Waals surface area contributed by atoms with E-state index in [0.717, 1.165) is 5.84 Å². The Hall–Kier alpha value is -0.680. The van der Waals surface area contributed by atoms with Crippen LogP contribution in [0.1, 0.15) is 39.0 Å². The van der Waals surface area contributed by atoms with E-state index >= 15 is 0 Å². The number of amidine groups is 1. The number of nitrogens with two attached hydrogens (primary N) is 1. The number of rotatable bonds is 2. The van der Waals surface area contributed by atoms with Gasteiger partial charge in [0.05, 0.1) is 0 Å². The van der Waals surface area contributed by atoms with Crippen LogP contribution in [0.25, 0.3) is 0 Å². The largest absolute Gasteiger partial charge is 0.340 e. The molecule has 0 spiro atoms. The summed E-state index contributed by atoms with van der Waals surface area (Å²) in [6.07, 6.45) is 8.62. The molecule has 0 aromatic rings. The SMILES string of the molecule is CN=C1NC(SC)N(N)C(C)=C1C1CCCCC1. The molecule has 1 fully saturated rings. The van der Waals surface area contributed by atoms with E-state index in [1.165, 1.54) is 43.4 Å². The molecule has 4 nitrogen and oxygen atoms in total. The minimum atomic E-state index is 0.0936. The summed E-state index contributed by atoms with van der Waals surface area (Å²) in [4.78, 5) is 4.44. The topological polar surface area (TPSA) is 53.7 Å². The number of hydrogen-bond acceptors (Lipinski definition) is 4. The summed E-state index contributed by atoms with van der Waals surface area (Å²) in [6.45, 7) is 2.12. The molecule has 1 saturated carbocycles. The van der Waals surface area contributed by atoms with Gasteiger partial charge in [0.15, 0.2) is 5.50 Å². The van der Waals surface area contributed by atoms with Crippen molar-refractivity contribution in [3.63, 3.8) is 0 Å². The standard InChI is InChI=1S/C13H24N4S/c1-9-11(10-7-5-4-6-8-10)12(15-2)16-13(18-3)17(9)14/h10,13H,4-8,14H2,1-3H3,(H,15,16). The van der Waals surface area contributed by atoms with E-state index in [0.29, 0.717) is 5.92 Å². The monoisotopic (exact) mass is 268 g/mol. The molecular weight excluding hydrogens is 244 g/mol. The van der Waals surface area contributed by atoms with E-state index in [-0.39, 0.29) is 5.50 Å². The second-order valence-corrected chi connectivity index (χ2v) is 5.96. The van der Waals surface area contributed by atoms with E-state index < -0.39 is 0 Å². The van der Waals surface area contributed by atoms with Gasteiger partial charge in [0.2, 0.25) is 0 Å². The lowest BCUT2D eigenvalue weighted by Gasteiger charge is -2.39. The van der Waals surface area contributed by atoms with Gasteiger partial charge in [-0.05, 0) is 31.9 Å². The molecule has 3 N–H and O–H groups in total. The first kappa shape index (κ1) is 13.7. The summed E-state index contributed by atoms with van der Waals surface area (Å²) in [5.41, 5.74) is 2.61. The highest BCUT2D eigenvalue weighted by Gasteiger charge is 2.31. The molecule has 1 atom stereocenters. The molecule has 0 bridgehead atoms. The second kappa shape index (κ2) is 5.97. The van der Waals surface area contributed by atoms with Gasteiger partial charge in [-0.1, -0.05) is 19.3 Å². The summed E-state index contributed by atoms with van der Waals surface area (Å²) < 4.78 is 0. The lowest BCUT2D eigenvalue weighted by atomic mass is 9.82. The Morgan fingerprint density at radius 1 is 1.33 bits per heavy atom. The lowest BCUT2D eigenvalue weighted by molar-refractivity contribution is 0.297. The smallest absolute Gasteiger partial charge is 0.162 e. The molecule has 2 rings (SSSR count). The van der Waals surface area contributed by atoms with Gasteiger partial charge in [0.1, 0.15) is 5.84 Å². The zero-order valence-corrected chi connectivity index (χ0v) is 12.4. The Morgan fingerprint density at radius 2 is 2.00 bits per heavy atom. The molecule has 1 aliphatic heterocycles. The number of allylic oxidation sites excluding steroid dienone is 1. The Morgan fingerprint density at radius 3 is 2.56 bits per heavy atom. The maximum Gasteiger partial charge on any atom is 0.162 e. The van der Waals surface area contributed by atoms with Crippen molar-refractivity contribution in [1.29, 1.82) is 0 Å². The molecule has 5 heteroatoms. The van der Waals surface area contributed by atoms with Crippen LogP contribution in [-0.2, 0) is 0 Å². The number of hydrogen-bond donors (Lipinski definition) is 2. The first-order valence-electron chi connectivity index (χ1n) is 6.70. The Labute approximate surface area is 114 Å². The molecule has 1 aliphatic carbocycles. The average Bonchev–Trinajstić information content (AvgIpc) is 2.42. The van der Waals surface area contributed by atoms with Crippen LogP contribution in [0.2, 0.25) is 0 Å². The van der Waals surface area contributed by atoms with Crippen molar-refractivity contribution in [3.05, 3.63) is 11.3 Å². The normalized spacial score (nSPS) is 28.8. The van der Waals surface area contributed by atoms with E-state index in [1.54, 1.807) is 11.8 Å². The lowest BCUT2D eigenvalue weighted by Crippen LogP contribution is -2.54. The first-order valence-corrected chi connectivity index (χ1v) is 7.99. The second-order valence-electron chi connectivity index (χ2n) is 5.05. The number of thioether (sulfide) groups is 1. The number of aliphatic imine (C=N–C) groups is 1. The fourth-order valence-electron chi connectivity index (χ4n) is 2.99. The van der Waals surface area contributed by atoms with Crippen LogP contribution in [0.4, 0.5) is 0 Å². The summed E-state index contributed by atoms with van der Waals surface area (Å²) in [6, 6.07) is 0. The minimum Gasteiger partial charge on any atom is -0.340 e. The van der Waals surface area contributed by atoms with Crippen LogP contribution in [0, 0.1) is 5.92 Å². The Balaban J connectivity index is 2.31. The maximum atomic E-state index is 6.18. The van der Waals surface area contributed by atoms with Crippen molar-refractivity contribution in [1.82, 2.24) is 10.3 Å². The van der Waals surface area contributed by atoms with Crippen molar-refractivity contribution in [2.75, 3.05) is 13.3 Å².